The highest BCUT2D eigenvalue weighted by Crippen LogP contribution is 2.36. The third kappa shape index (κ3) is 3.93. The van der Waals surface area contributed by atoms with Crippen molar-refractivity contribution in [2.45, 2.75) is 52.4 Å². The molecule has 0 saturated carbocycles. The summed E-state index contributed by atoms with van der Waals surface area (Å²) in [7, 11) is 0. The molecule has 27 heavy (non-hydrogen) atoms. The summed E-state index contributed by atoms with van der Waals surface area (Å²) < 4.78 is 6.09. The van der Waals surface area contributed by atoms with E-state index in [4.69, 9.17) is 9.72 Å². The van der Waals surface area contributed by atoms with Crippen molar-refractivity contribution in [2.24, 2.45) is 0 Å². The van der Waals surface area contributed by atoms with Crippen LogP contribution in [0, 0.1) is 6.92 Å². The fourth-order valence-corrected chi connectivity index (χ4v) is 4.40. The number of hydrogen-bond acceptors (Lipinski definition) is 4. The number of ether oxygens (including phenoxy) is 1. The van der Waals surface area contributed by atoms with Crippen molar-refractivity contribution < 1.29 is 9.53 Å². The second-order valence-corrected chi connectivity index (χ2v) is 7.84. The second-order valence-electron chi connectivity index (χ2n) is 7.84. The Kier molecular flexibility index (Phi) is 5.30. The van der Waals surface area contributed by atoms with Gasteiger partial charge in [0.2, 0.25) is 5.91 Å². The van der Waals surface area contributed by atoms with Gasteiger partial charge in [-0.05, 0) is 81.3 Å². The number of nitrogens with zero attached hydrogens (tertiary/aromatic N) is 2. The van der Waals surface area contributed by atoms with Crippen LogP contribution in [0.1, 0.15) is 49.3 Å². The van der Waals surface area contributed by atoms with Gasteiger partial charge >= 0.3 is 0 Å². The van der Waals surface area contributed by atoms with Gasteiger partial charge in [0.05, 0.1) is 12.1 Å². The van der Waals surface area contributed by atoms with Gasteiger partial charge in [-0.15, -0.1) is 0 Å². The van der Waals surface area contributed by atoms with Crippen LogP contribution >= 0.6 is 0 Å². The van der Waals surface area contributed by atoms with Gasteiger partial charge in [-0.25, -0.2) is 4.98 Å². The van der Waals surface area contributed by atoms with Crippen LogP contribution in [0.2, 0.25) is 0 Å². The molecule has 0 bridgehead atoms. The first-order valence-corrected chi connectivity index (χ1v) is 10.2. The zero-order chi connectivity index (χ0) is 18.8. The number of hydrogen-bond donors (Lipinski definition) is 1. The Morgan fingerprint density at radius 3 is 2.74 bits per heavy atom. The molecule has 0 atom stereocenters. The van der Waals surface area contributed by atoms with Crippen molar-refractivity contribution in [1.29, 1.82) is 0 Å². The Morgan fingerprint density at radius 1 is 1.19 bits per heavy atom. The fraction of sp³-hybridized carbons (Fsp3) is 0.545. The zero-order valence-corrected chi connectivity index (χ0v) is 16.4. The van der Waals surface area contributed by atoms with Crippen molar-refractivity contribution in [2.75, 3.05) is 31.6 Å². The van der Waals surface area contributed by atoms with E-state index < -0.39 is 0 Å². The summed E-state index contributed by atoms with van der Waals surface area (Å²) in [5.74, 6) is 1.57. The first kappa shape index (κ1) is 18.2. The quantitative estimate of drug-likeness (QED) is 0.788. The predicted octanol–water partition coefficient (Wildman–Crippen LogP) is 3.86. The molecule has 144 valence electrons. The summed E-state index contributed by atoms with van der Waals surface area (Å²) in [6, 6.07) is 4.25. The molecule has 1 aliphatic carbocycles. The van der Waals surface area contributed by atoms with Gasteiger partial charge in [0, 0.05) is 24.9 Å². The minimum Gasteiger partial charge on any atom is -0.493 e. The summed E-state index contributed by atoms with van der Waals surface area (Å²) in [6.45, 7) is 7.96. The number of carbonyl (C=O) groups is 1. The first-order valence-electron chi connectivity index (χ1n) is 10.2. The molecule has 1 fully saturated rings. The Morgan fingerprint density at radius 2 is 1.96 bits per heavy atom. The maximum Gasteiger partial charge on any atom is 0.222 e. The minimum atomic E-state index is -0.0681. The molecule has 1 aromatic carbocycles. The van der Waals surface area contributed by atoms with Crippen molar-refractivity contribution >= 4 is 22.6 Å². The number of aromatic nitrogens is 1. The molecule has 1 amide bonds. The first-order chi connectivity index (χ1) is 13.1. The standard InChI is InChI=1S/C22H29N3O2/c1-15-13-19-17-7-5-8-18(17)22(23-16(2)26)24-20(19)14-21(15)27-12-6-11-25-9-3-4-10-25/h13-14H,3-12H2,1-2H3,(H,23,24,26). The van der Waals surface area contributed by atoms with Gasteiger partial charge in [0.15, 0.2) is 0 Å². The number of amides is 1. The Hall–Kier alpha value is -2.14. The van der Waals surface area contributed by atoms with Crippen LogP contribution in [-0.2, 0) is 17.6 Å². The molecular weight excluding hydrogens is 338 g/mol. The lowest BCUT2D eigenvalue weighted by molar-refractivity contribution is -0.114. The lowest BCUT2D eigenvalue weighted by atomic mass is 10.0. The molecule has 0 radical (unpaired) electrons. The molecule has 4 rings (SSSR count). The Labute approximate surface area is 161 Å². The highest BCUT2D eigenvalue weighted by Gasteiger charge is 2.21. The van der Waals surface area contributed by atoms with Crippen LogP contribution < -0.4 is 10.1 Å². The van der Waals surface area contributed by atoms with Gasteiger partial charge in [0.1, 0.15) is 11.6 Å². The molecule has 2 aliphatic rings. The van der Waals surface area contributed by atoms with E-state index in [2.05, 4.69) is 23.2 Å². The minimum absolute atomic E-state index is 0.0681. The van der Waals surface area contributed by atoms with Gasteiger partial charge in [-0.3, -0.25) is 4.79 Å². The number of pyridine rings is 1. The molecular formula is C22H29N3O2. The molecule has 1 aromatic heterocycles. The van der Waals surface area contributed by atoms with Crippen LogP contribution in [0.4, 0.5) is 5.82 Å². The van der Waals surface area contributed by atoms with E-state index in [0.29, 0.717) is 0 Å². The molecule has 1 saturated heterocycles. The van der Waals surface area contributed by atoms with Crippen LogP contribution in [0.25, 0.3) is 10.9 Å². The molecule has 0 spiro atoms. The lowest BCUT2D eigenvalue weighted by Gasteiger charge is -2.16. The van der Waals surface area contributed by atoms with Crippen LogP contribution in [-0.4, -0.2) is 42.0 Å². The Bertz CT molecular complexity index is 856. The molecule has 5 heteroatoms. The second kappa shape index (κ2) is 7.85. The molecule has 5 nitrogen and oxygen atoms in total. The van der Waals surface area contributed by atoms with E-state index in [1.165, 1.54) is 49.4 Å². The predicted molar refractivity (Wildman–Crippen MR) is 109 cm³/mol. The summed E-state index contributed by atoms with van der Waals surface area (Å²) in [6.07, 6.45) is 6.87. The monoisotopic (exact) mass is 367 g/mol. The third-order valence-corrected chi connectivity index (χ3v) is 5.72. The maximum atomic E-state index is 11.6. The average molecular weight is 367 g/mol. The molecule has 1 N–H and O–H groups in total. The topological polar surface area (TPSA) is 54.5 Å². The van der Waals surface area contributed by atoms with Crippen LogP contribution in [0.3, 0.4) is 0 Å². The van der Waals surface area contributed by atoms with Crippen molar-refractivity contribution in [3.63, 3.8) is 0 Å². The number of nitrogens with one attached hydrogen (secondary N) is 1. The summed E-state index contributed by atoms with van der Waals surface area (Å²) in [4.78, 5) is 18.8. The summed E-state index contributed by atoms with van der Waals surface area (Å²) in [5.41, 5.74) is 4.62. The number of aryl methyl sites for hydroxylation is 2. The van der Waals surface area contributed by atoms with E-state index in [9.17, 15) is 4.79 Å². The number of likely N-dealkylation sites (tertiary alicyclic amines) is 1. The van der Waals surface area contributed by atoms with Gasteiger partial charge in [-0.2, -0.15) is 0 Å². The van der Waals surface area contributed by atoms with Crippen LogP contribution in [0.5, 0.6) is 5.75 Å². The number of benzene rings is 1. The molecule has 1 aliphatic heterocycles. The zero-order valence-electron chi connectivity index (χ0n) is 16.4. The highest BCUT2D eigenvalue weighted by molar-refractivity contribution is 5.94. The number of rotatable bonds is 6. The third-order valence-electron chi connectivity index (χ3n) is 5.72. The number of fused-ring (bicyclic) bond motifs is 3. The van der Waals surface area contributed by atoms with E-state index in [1.54, 1.807) is 0 Å². The van der Waals surface area contributed by atoms with E-state index >= 15 is 0 Å². The largest absolute Gasteiger partial charge is 0.493 e. The number of carbonyl (C=O) groups excluding carboxylic acids is 1. The van der Waals surface area contributed by atoms with Gasteiger partial charge in [-0.1, -0.05) is 0 Å². The van der Waals surface area contributed by atoms with Crippen LogP contribution in [0.15, 0.2) is 12.1 Å². The van der Waals surface area contributed by atoms with Gasteiger partial charge < -0.3 is 15.0 Å². The smallest absolute Gasteiger partial charge is 0.222 e. The fourth-order valence-electron chi connectivity index (χ4n) is 4.40. The summed E-state index contributed by atoms with van der Waals surface area (Å²) >= 11 is 0. The molecule has 2 aromatic rings. The van der Waals surface area contributed by atoms with Crippen molar-refractivity contribution in [1.82, 2.24) is 9.88 Å². The van der Waals surface area contributed by atoms with E-state index in [1.807, 2.05) is 6.07 Å². The Balaban J connectivity index is 1.54. The normalized spacial score (nSPS) is 16.7. The maximum absolute atomic E-state index is 11.6. The molecule has 0 unspecified atom stereocenters. The SMILES string of the molecule is CC(=O)Nc1nc2cc(OCCCN3CCCC3)c(C)cc2c2c1CCC2. The van der Waals surface area contributed by atoms with Crippen molar-refractivity contribution in [3.05, 3.63) is 28.8 Å². The van der Waals surface area contributed by atoms with E-state index in [-0.39, 0.29) is 5.91 Å². The lowest BCUT2D eigenvalue weighted by Crippen LogP contribution is -2.22. The van der Waals surface area contributed by atoms with Gasteiger partial charge in [0.25, 0.3) is 0 Å². The number of anilines is 1. The molecule has 2 heterocycles. The summed E-state index contributed by atoms with van der Waals surface area (Å²) in [5, 5.41) is 4.13. The van der Waals surface area contributed by atoms with Crippen molar-refractivity contribution in [3.8, 4) is 5.75 Å². The highest BCUT2D eigenvalue weighted by atomic mass is 16.5. The van der Waals surface area contributed by atoms with E-state index in [0.717, 1.165) is 61.5 Å². The average Bonchev–Trinajstić information content (AvgIpc) is 3.31.